The molecule has 0 bridgehead atoms. The first-order chi connectivity index (χ1) is 8.54. The van der Waals surface area contributed by atoms with Crippen LogP contribution in [0, 0.1) is 0 Å². The van der Waals surface area contributed by atoms with E-state index in [9.17, 15) is 9.59 Å². The van der Waals surface area contributed by atoms with Crippen LogP contribution in [-0.2, 0) is 4.79 Å². The largest absolute Gasteiger partial charge is 0.480 e. The van der Waals surface area contributed by atoms with E-state index >= 15 is 0 Å². The third kappa shape index (κ3) is 4.37. The molecule has 1 heterocycles. The van der Waals surface area contributed by atoms with Gasteiger partial charge in [0.1, 0.15) is 6.54 Å². The van der Waals surface area contributed by atoms with E-state index in [-0.39, 0.29) is 18.6 Å². The molecule has 0 radical (unpaired) electrons. The van der Waals surface area contributed by atoms with Gasteiger partial charge in [-0.15, -0.1) is 0 Å². The minimum absolute atomic E-state index is 0.114. The smallest absolute Gasteiger partial charge is 0.323 e. The van der Waals surface area contributed by atoms with Crippen molar-refractivity contribution in [3.05, 3.63) is 22.4 Å². The van der Waals surface area contributed by atoms with Gasteiger partial charge in [0.05, 0.1) is 6.04 Å². The number of nitrogens with one attached hydrogen (secondary N) is 1. The van der Waals surface area contributed by atoms with Crippen LogP contribution >= 0.6 is 11.3 Å². The predicted octanol–water partition coefficient (Wildman–Crippen LogP) is 2.32. The number of rotatable bonds is 6. The van der Waals surface area contributed by atoms with Crippen molar-refractivity contribution in [2.24, 2.45) is 0 Å². The fourth-order valence-corrected chi connectivity index (χ4v) is 2.32. The molecule has 2 amide bonds. The molecule has 0 saturated heterocycles. The van der Waals surface area contributed by atoms with Crippen LogP contribution in [0.2, 0.25) is 0 Å². The van der Waals surface area contributed by atoms with Gasteiger partial charge < -0.3 is 15.3 Å². The Bertz CT molecular complexity index is 392. The van der Waals surface area contributed by atoms with E-state index in [1.165, 1.54) is 4.90 Å². The number of hydrogen-bond donors (Lipinski definition) is 2. The number of urea groups is 1. The Balaban J connectivity index is 2.58. The maximum Gasteiger partial charge on any atom is 0.323 e. The van der Waals surface area contributed by atoms with E-state index in [0.717, 1.165) is 12.0 Å². The highest BCUT2D eigenvalue weighted by Crippen LogP contribution is 2.15. The van der Waals surface area contributed by atoms with Crippen molar-refractivity contribution >= 4 is 23.3 Å². The van der Waals surface area contributed by atoms with Crippen LogP contribution in [0.5, 0.6) is 0 Å². The van der Waals surface area contributed by atoms with Crippen molar-refractivity contribution in [2.75, 3.05) is 13.1 Å². The fourth-order valence-electron chi connectivity index (χ4n) is 1.57. The first-order valence-corrected chi connectivity index (χ1v) is 6.78. The van der Waals surface area contributed by atoms with Gasteiger partial charge >= 0.3 is 12.0 Å². The van der Waals surface area contributed by atoms with Gasteiger partial charge in [0.2, 0.25) is 0 Å². The van der Waals surface area contributed by atoms with Gasteiger partial charge in [-0.2, -0.15) is 11.3 Å². The molecule has 18 heavy (non-hydrogen) atoms. The molecular formula is C12H18N2O3S. The van der Waals surface area contributed by atoms with E-state index < -0.39 is 5.97 Å². The number of carboxylic acid groups (broad SMARTS) is 1. The number of carbonyl (C=O) groups excluding carboxylic acids is 1. The molecular weight excluding hydrogens is 252 g/mol. The number of carboxylic acids is 1. The highest BCUT2D eigenvalue weighted by atomic mass is 32.1. The van der Waals surface area contributed by atoms with E-state index in [0.29, 0.717) is 6.54 Å². The molecule has 1 aromatic rings. The quantitative estimate of drug-likeness (QED) is 0.833. The molecule has 5 nitrogen and oxygen atoms in total. The summed E-state index contributed by atoms with van der Waals surface area (Å²) in [5.74, 6) is -0.998. The summed E-state index contributed by atoms with van der Waals surface area (Å²) in [6.07, 6.45) is 0.730. The van der Waals surface area contributed by atoms with Crippen LogP contribution in [0.4, 0.5) is 4.79 Å². The van der Waals surface area contributed by atoms with Crippen LogP contribution in [0.3, 0.4) is 0 Å². The molecule has 0 spiro atoms. The topological polar surface area (TPSA) is 69.6 Å². The third-order valence-corrected chi connectivity index (χ3v) is 3.19. The monoisotopic (exact) mass is 270 g/mol. The normalized spacial score (nSPS) is 11.9. The summed E-state index contributed by atoms with van der Waals surface area (Å²) in [7, 11) is 0. The van der Waals surface area contributed by atoms with Crippen LogP contribution in [0.1, 0.15) is 31.9 Å². The van der Waals surface area contributed by atoms with Gasteiger partial charge in [-0.1, -0.05) is 6.92 Å². The lowest BCUT2D eigenvalue weighted by Crippen LogP contribution is -2.43. The summed E-state index contributed by atoms with van der Waals surface area (Å²) in [6.45, 7) is 3.96. The van der Waals surface area contributed by atoms with Gasteiger partial charge in [-0.05, 0) is 35.7 Å². The number of nitrogens with zero attached hydrogens (tertiary/aromatic N) is 1. The van der Waals surface area contributed by atoms with Crippen LogP contribution in [0.15, 0.2) is 16.8 Å². The minimum atomic E-state index is -0.998. The lowest BCUT2D eigenvalue weighted by atomic mass is 10.2. The Kier molecular flexibility index (Phi) is 5.64. The first kappa shape index (κ1) is 14.5. The second-order valence-corrected chi connectivity index (χ2v) is 4.82. The molecule has 0 saturated carbocycles. The summed E-state index contributed by atoms with van der Waals surface area (Å²) >= 11 is 1.57. The molecule has 1 rings (SSSR count). The standard InChI is InChI=1S/C12H18N2O3S/c1-3-5-14(7-11(15)16)12(17)13-9(2)10-4-6-18-8-10/h4,6,8-9H,3,5,7H2,1-2H3,(H,13,17)(H,15,16). The number of aliphatic carboxylic acids is 1. The molecule has 1 aromatic heterocycles. The second kappa shape index (κ2) is 7.00. The summed E-state index contributed by atoms with van der Waals surface area (Å²) in [5, 5.41) is 15.5. The number of hydrogen-bond acceptors (Lipinski definition) is 3. The lowest BCUT2D eigenvalue weighted by molar-refractivity contribution is -0.137. The molecule has 0 aliphatic heterocycles. The molecule has 2 N–H and O–H groups in total. The minimum Gasteiger partial charge on any atom is -0.480 e. The van der Waals surface area contributed by atoms with Crippen LogP contribution < -0.4 is 5.32 Å². The van der Waals surface area contributed by atoms with E-state index in [1.807, 2.05) is 30.7 Å². The molecule has 1 unspecified atom stereocenters. The van der Waals surface area contributed by atoms with Crippen molar-refractivity contribution in [1.29, 1.82) is 0 Å². The fraction of sp³-hybridized carbons (Fsp3) is 0.500. The van der Waals surface area contributed by atoms with Gasteiger partial charge in [0.25, 0.3) is 0 Å². The Morgan fingerprint density at radius 1 is 1.56 bits per heavy atom. The van der Waals surface area contributed by atoms with Gasteiger partial charge in [0.15, 0.2) is 0 Å². The Morgan fingerprint density at radius 2 is 2.28 bits per heavy atom. The maximum absolute atomic E-state index is 11.9. The van der Waals surface area contributed by atoms with Gasteiger partial charge in [-0.3, -0.25) is 4.79 Å². The Labute approximate surface area is 110 Å². The molecule has 6 heteroatoms. The summed E-state index contributed by atoms with van der Waals surface area (Å²) in [6, 6.07) is 1.49. The zero-order valence-electron chi connectivity index (χ0n) is 10.5. The van der Waals surface area contributed by atoms with Gasteiger partial charge in [0, 0.05) is 6.54 Å². The Hall–Kier alpha value is -1.56. The average Bonchev–Trinajstić information content (AvgIpc) is 2.81. The van der Waals surface area contributed by atoms with Crippen molar-refractivity contribution < 1.29 is 14.7 Å². The van der Waals surface area contributed by atoms with Crippen LogP contribution in [-0.4, -0.2) is 35.1 Å². The highest BCUT2D eigenvalue weighted by Gasteiger charge is 2.18. The van der Waals surface area contributed by atoms with Crippen molar-refractivity contribution in [1.82, 2.24) is 10.2 Å². The number of carbonyl (C=O) groups is 2. The SMILES string of the molecule is CCCN(CC(=O)O)C(=O)NC(C)c1ccsc1. The highest BCUT2D eigenvalue weighted by molar-refractivity contribution is 7.07. The molecule has 100 valence electrons. The Morgan fingerprint density at radius 3 is 2.78 bits per heavy atom. The molecule has 0 fully saturated rings. The number of amides is 2. The molecule has 0 aromatic carbocycles. The van der Waals surface area contributed by atoms with E-state index in [4.69, 9.17) is 5.11 Å². The zero-order chi connectivity index (χ0) is 13.5. The van der Waals surface area contributed by atoms with Crippen molar-refractivity contribution in [3.8, 4) is 0 Å². The predicted molar refractivity (Wildman–Crippen MR) is 70.8 cm³/mol. The summed E-state index contributed by atoms with van der Waals surface area (Å²) in [5.41, 5.74) is 1.03. The summed E-state index contributed by atoms with van der Waals surface area (Å²) in [4.78, 5) is 23.9. The van der Waals surface area contributed by atoms with Crippen molar-refractivity contribution in [2.45, 2.75) is 26.3 Å². The lowest BCUT2D eigenvalue weighted by Gasteiger charge is -2.23. The van der Waals surface area contributed by atoms with E-state index in [2.05, 4.69) is 5.32 Å². The number of thiophene rings is 1. The van der Waals surface area contributed by atoms with Gasteiger partial charge in [-0.25, -0.2) is 4.79 Å². The zero-order valence-corrected chi connectivity index (χ0v) is 11.4. The molecule has 1 atom stereocenters. The summed E-state index contributed by atoms with van der Waals surface area (Å²) < 4.78 is 0. The van der Waals surface area contributed by atoms with E-state index in [1.54, 1.807) is 11.3 Å². The average molecular weight is 270 g/mol. The molecule has 0 aliphatic rings. The van der Waals surface area contributed by atoms with Crippen LogP contribution in [0.25, 0.3) is 0 Å². The maximum atomic E-state index is 11.9. The van der Waals surface area contributed by atoms with Crippen molar-refractivity contribution in [3.63, 3.8) is 0 Å². The second-order valence-electron chi connectivity index (χ2n) is 4.04. The molecule has 0 aliphatic carbocycles. The first-order valence-electron chi connectivity index (χ1n) is 5.84. The third-order valence-electron chi connectivity index (χ3n) is 2.49.